The third-order valence-electron chi connectivity index (χ3n) is 6.26. The van der Waals surface area contributed by atoms with Gasteiger partial charge in [0.15, 0.2) is 0 Å². The van der Waals surface area contributed by atoms with Gasteiger partial charge in [0.2, 0.25) is 11.8 Å². The molecule has 0 saturated carbocycles. The van der Waals surface area contributed by atoms with Crippen molar-refractivity contribution < 1.29 is 18.7 Å². The molecule has 39 heavy (non-hydrogen) atoms. The Bertz CT molecular complexity index is 1150. The van der Waals surface area contributed by atoms with E-state index in [1.807, 2.05) is 99.4 Å². The number of rotatable bonds is 13. The van der Waals surface area contributed by atoms with Crippen molar-refractivity contribution in [2.75, 3.05) is 7.05 Å². The maximum Gasteiger partial charge on any atom is 0.243 e. The van der Waals surface area contributed by atoms with Gasteiger partial charge >= 0.3 is 0 Å². The van der Waals surface area contributed by atoms with Crippen LogP contribution in [0.15, 0.2) is 77.4 Å². The van der Waals surface area contributed by atoms with Crippen molar-refractivity contribution >= 4 is 11.8 Å². The van der Waals surface area contributed by atoms with Gasteiger partial charge in [0.1, 0.15) is 24.2 Å². The van der Waals surface area contributed by atoms with Gasteiger partial charge in [0, 0.05) is 12.0 Å². The minimum Gasteiger partial charge on any atom is -0.489 e. The van der Waals surface area contributed by atoms with Crippen molar-refractivity contribution in [3.05, 3.63) is 89.9 Å². The summed E-state index contributed by atoms with van der Waals surface area (Å²) in [5.41, 5.74) is 1.60. The highest BCUT2D eigenvalue weighted by Gasteiger charge is 2.30. The first-order valence-corrected chi connectivity index (χ1v) is 13.6. The second-order valence-corrected chi connectivity index (χ2v) is 11.6. The van der Waals surface area contributed by atoms with Gasteiger partial charge in [-0.2, -0.15) is 0 Å². The van der Waals surface area contributed by atoms with Crippen LogP contribution in [0.1, 0.15) is 57.9 Å². The molecular formula is C32H43N3O4. The lowest BCUT2D eigenvalue weighted by molar-refractivity contribution is -0.133. The summed E-state index contributed by atoms with van der Waals surface area (Å²) in [6, 6.07) is 20.3. The minimum atomic E-state index is -0.723. The van der Waals surface area contributed by atoms with Crippen LogP contribution < -0.4 is 15.4 Å². The maximum absolute atomic E-state index is 13.6. The quantitative estimate of drug-likeness (QED) is 0.310. The number of hydrogen-bond donors (Lipinski definition) is 2. The Morgan fingerprint density at radius 1 is 0.923 bits per heavy atom. The SMILES string of the molecule is CC(C)C[C@@H](C(=O)N[C@@H](Cc1ccc(OCc2ccccc2)cc1)C(=O)NC(C)(C)C)N(C)Cc1ccco1. The number of likely N-dealkylation sites (N-methyl/N-ethyl adjacent to an activating group) is 1. The molecule has 2 amide bonds. The van der Waals surface area contributed by atoms with Gasteiger partial charge in [-0.15, -0.1) is 0 Å². The van der Waals surface area contributed by atoms with E-state index < -0.39 is 17.6 Å². The van der Waals surface area contributed by atoms with E-state index in [2.05, 4.69) is 24.5 Å². The molecule has 7 heteroatoms. The van der Waals surface area contributed by atoms with Crippen molar-refractivity contribution in [2.45, 2.75) is 78.2 Å². The number of amides is 2. The first-order chi connectivity index (χ1) is 18.5. The van der Waals surface area contributed by atoms with Crippen LogP contribution >= 0.6 is 0 Å². The van der Waals surface area contributed by atoms with E-state index in [9.17, 15) is 9.59 Å². The number of nitrogens with one attached hydrogen (secondary N) is 2. The molecule has 0 bridgehead atoms. The number of hydrogen-bond acceptors (Lipinski definition) is 5. The topological polar surface area (TPSA) is 83.8 Å². The molecular weight excluding hydrogens is 490 g/mol. The highest BCUT2D eigenvalue weighted by molar-refractivity contribution is 5.90. The molecule has 2 atom stereocenters. The summed E-state index contributed by atoms with van der Waals surface area (Å²) in [6.45, 7) is 11.0. The number of nitrogens with zero attached hydrogens (tertiary/aromatic N) is 1. The number of benzene rings is 2. The molecule has 1 aromatic heterocycles. The average Bonchev–Trinajstić information content (AvgIpc) is 3.39. The van der Waals surface area contributed by atoms with Gasteiger partial charge < -0.3 is 19.8 Å². The average molecular weight is 534 g/mol. The summed E-state index contributed by atoms with van der Waals surface area (Å²) >= 11 is 0. The molecule has 2 N–H and O–H groups in total. The van der Waals surface area contributed by atoms with Crippen LogP contribution in [-0.4, -0.2) is 41.4 Å². The normalized spacial score (nSPS) is 13.2. The van der Waals surface area contributed by atoms with Gasteiger partial charge in [-0.05, 0) is 75.5 Å². The minimum absolute atomic E-state index is 0.172. The van der Waals surface area contributed by atoms with Crippen LogP contribution in [0.5, 0.6) is 5.75 Å². The smallest absolute Gasteiger partial charge is 0.243 e. The summed E-state index contributed by atoms with van der Waals surface area (Å²) in [4.78, 5) is 28.9. The van der Waals surface area contributed by atoms with E-state index in [0.29, 0.717) is 31.9 Å². The van der Waals surface area contributed by atoms with Gasteiger partial charge in [0.25, 0.3) is 0 Å². The Labute approximate surface area is 232 Å². The van der Waals surface area contributed by atoms with Crippen LogP contribution in [0.25, 0.3) is 0 Å². The van der Waals surface area contributed by atoms with Gasteiger partial charge in [0.05, 0.1) is 18.8 Å². The van der Waals surface area contributed by atoms with Crippen molar-refractivity contribution in [3.8, 4) is 5.75 Å². The Balaban J connectivity index is 1.72. The van der Waals surface area contributed by atoms with E-state index >= 15 is 0 Å². The number of carbonyl (C=O) groups excluding carboxylic acids is 2. The van der Waals surface area contributed by atoms with Crippen molar-refractivity contribution in [1.82, 2.24) is 15.5 Å². The standard InChI is InChI=1S/C32H43N3O4/c1-23(2)19-29(35(6)21-27-13-10-18-38-27)31(37)33-28(30(36)34-32(3,4)5)20-24-14-16-26(17-15-24)39-22-25-11-8-7-9-12-25/h7-18,23,28-29H,19-22H2,1-6H3,(H,33,37)(H,34,36)/t28-,29-/m0/s1. The summed E-state index contributed by atoms with van der Waals surface area (Å²) in [5.74, 6) is 1.45. The lowest BCUT2D eigenvalue weighted by Gasteiger charge is -2.31. The van der Waals surface area contributed by atoms with E-state index in [1.165, 1.54) is 0 Å². The Kier molecular flexibility index (Phi) is 10.8. The summed E-state index contributed by atoms with van der Waals surface area (Å²) in [5, 5.41) is 6.09. The van der Waals surface area contributed by atoms with E-state index in [-0.39, 0.29) is 11.8 Å². The molecule has 0 unspecified atom stereocenters. The molecule has 0 aliphatic rings. The predicted molar refractivity (Wildman–Crippen MR) is 154 cm³/mol. The lowest BCUT2D eigenvalue weighted by atomic mass is 9.99. The maximum atomic E-state index is 13.6. The molecule has 210 valence electrons. The third-order valence-corrected chi connectivity index (χ3v) is 6.26. The predicted octanol–water partition coefficient (Wildman–Crippen LogP) is 5.35. The van der Waals surface area contributed by atoms with E-state index in [0.717, 1.165) is 22.6 Å². The fourth-order valence-corrected chi connectivity index (χ4v) is 4.32. The van der Waals surface area contributed by atoms with Crippen LogP contribution in [0.4, 0.5) is 0 Å². The molecule has 2 aromatic carbocycles. The van der Waals surface area contributed by atoms with Crippen LogP contribution in [0, 0.1) is 5.92 Å². The van der Waals surface area contributed by atoms with Gasteiger partial charge in [-0.1, -0.05) is 56.3 Å². The zero-order chi connectivity index (χ0) is 28.4. The fourth-order valence-electron chi connectivity index (χ4n) is 4.32. The number of ether oxygens (including phenoxy) is 1. The molecule has 0 spiro atoms. The molecule has 0 fully saturated rings. The molecule has 3 aromatic rings. The fraction of sp³-hybridized carbons (Fsp3) is 0.438. The summed E-state index contributed by atoms with van der Waals surface area (Å²) < 4.78 is 11.4. The van der Waals surface area contributed by atoms with Crippen molar-refractivity contribution in [2.24, 2.45) is 5.92 Å². The second-order valence-electron chi connectivity index (χ2n) is 11.6. The number of carbonyl (C=O) groups is 2. The van der Waals surface area contributed by atoms with Crippen LogP contribution in [0.3, 0.4) is 0 Å². The molecule has 1 heterocycles. The van der Waals surface area contributed by atoms with Crippen molar-refractivity contribution in [3.63, 3.8) is 0 Å². The lowest BCUT2D eigenvalue weighted by Crippen LogP contribution is -2.56. The Morgan fingerprint density at radius 3 is 2.21 bits per heavy atom. The molecule has 0 radical (unpaired) electrons. The summed E-state index contributed by atoms with van der Waals surface area (Å²) in [6.07, 6.45) is 2.65. The molecule has 0 saturated heterocycles. The summed E-state index contributed by atoms with van der Waals surface area (Å²) in [7, 11) is 1.91. The highest BCUT2D eigenvalue weighted by Crippen LogP contribution is 2.18. The molecule has 7 nitrogen and oxygen atoms in total. The van der Waals surface area contributed by atoms with Crippen LogP contribution in [0.2, 0.25) is 0 Å². The van der Waals surface area contributed by atoms with Crippen molar-refractivity contribution in [1.29, 1.82) is 0 Å². The monoisotopic (exact) mass is 533 g/mol. The second kappa shape index (κ2) is 14.0. The Hall–Kier alpha value is -3.58. The zero-order valence-electron chi connectivity index (χ0n) is 24.1. The molecule has 0 aliphatic heterocycles. The molecule has 3 rings (SSSR count). The first-order valence-electron chi connectivity index (χ1n) is 13.6. The Morgan fingerprint density at radius 2 is 1.62 bits per heavy atom. The van der Waals surface area contributed by atoms with E-state index in [4.69, 9.17) is 9.15 Å². The molecule has 0 aliphatic carbocycles. The van der Waals surface area contributed by atoms with Crippen LogP contribution in [-0.2, 0) is 29.2 Å². The highest BCUT2D eigenvalue weighted by atomic mass is 16.5. The van der Waals surface area contributed by atoms with Gasteiger partial charge in [-0.25, -0.2) is 0 Å². The van der Waals surface area contributed by atoms with E-state index in [1.54, 1.807) is 6.26 Å². The van der Waals surface area contributed by atoms with Gasteiger partial charge in [-0.3, -0.25) is 14.5 Å². The number of furan rings is 1. The zero-order valence-corrected chi connectivity index (χ0v) is 24.1. The largest absolute Gasteiger partial charge is 0.489 e. The first kappa shape index (κ1) is 30.0. The third kappa shape index (κ3) is 10.2.